The number of rotatable bonds is 8. The summed E-state index contributed by atoms with van der Waals surface area (Å²) in [5.41, 5.74) is -0.220. The lowest BCUT2D eigenvalue weighted by Gasteiger charge is -2.37. The largest absolute Gasteiger partial charge is 0.273 e. The molecule has 148 valence electrons. The van der Waals surface area contributed by atoms with E-state index in [0.717, 1.165) is 44.9 Å². The first-order chi connectivity index (χ1) is 12.2. The minimum Gasteiger partial charge on any atom is -0.273 e. The van der Waals surface area contributed by atoms with Crippen LogP contribution in [0, 0.1) is 22.7 Å². The molecule has 4 atom stereocenters. The summed E-state index contributed by atoms with van der Waals surface area (Å²) in [5, 5.41) is 0. The number of carbonyl (C=O) groups is 1. The molecule has 0 aromatic heterocycles. The van der Waals surface area contributed by atoms with Crippen LogP contribution < -0.4 is 0 Å². The number of allylic oxidation sites excluding steroid dienone is 1. The molecule has 3 aliphatic rings. The Balaban J connectivity index is 1.82. The predicted octanol–water partition coefficient (Wildman–Crippen LogP) is 4.52. The Kier molecular flexibility index (Phi) is 5.33. The predicted molar refractivity (Wildman–Crippen MR) is 105 cm³/mol. The van der Waals surface area contributed by atoms with Crippen molar-refractivity contribution < 1.29 is 13.2 Å². The van der Waals surface area contributed by atoms with Crippen molar-refractivity contribution in [3.8, 4) is 0 Å². The highest BCUT2D eigenvalue weighted by atomic mass is 32.2. The van der Waals surface area contributed by atoms with Crippen molar-refractivity contribution in [2.45, 2.75) is 84.6 Å². The molecule has 5 heteroatoms. The van der Waals surface area contributed by atoms with Crippen molar-refractivity contribution in [3.05, 3.63) is 12.7 Å². The van der Waals surface area contributed by atoms with E-state index in [2.05, 4.69) is 27.4 Å². The molecule has 1 amide bonds. The third kappa shape index (κ3) is 2.85. The van der Waals surface area contributed by atoms with Gasteiger partial charge in [-0.15, -0.1) is 6.58 Å². The van der Waals surface area contributed by atoms with Gasteiger partial charge in [-0.05, 0) is 43.4 Å². The molecule has 3 fully saturated rings. The monoisotopic (exact) mass is 381 g/mol. The minimum absolute atomic E-state index is 0.00876. The number of carbonyl (C=O) groups excluding carboxylic acids is 1. The lowest BCUT2D eigenvalue weighted by molar-refractivity contribution is -0.133. The summed E-state index contributed by atoms with van der Waals surface area (Å²) < 4.78 is 27.5. The third-order valence-corrected chi connectivity index (χ3v) is 9.75. The van der Waals surface area contributed by atoms with E-state index >= 15 is 0 Å². The van der Waals surface area contributed by atoms with E-state index in [1.165, 1.54) is 10.7 Å². The second kappa shape index (κ2) is 6.96. The van der Waals surface area contributed by atoms with E-state index in [9.17, 15) is 13.2 Å². The van der Waals surface area contributed by atoms with Crippen LogP contribution in [0.1, 0.15) is 78.6 Å². The first-order valence-corrected chi connectivity index (χ1v) is 12.0. The van der Waals surface area contributed by atoms with E-state index < -0.39 is 10.0 Å². The van der Waals surface area contributed by atoms with Gasteiger partial charge in [0.2, 0.25) is 15.9 Å². The standard InChI is InChI=1S/C21H35NO3S/c1-5-7-8-9-11-16(10-6-2)19(23)22-18-14-17-12-13-21(18,20(17,3)4)15-26(22,24)25/h6,16-18H,2,5,7-15H2,1,3-4H3/t16-,17?,18?,21?/m1/s1. The van der Waals surface area contributed by atoms with Crippen molar-refractivity contribution in [1.29, 1.82) is 0 Å². The fourth-order valence-corrected chi connectivity index (χ4v) is 8.72. The van der Waals surface area contributed by atoms with Crippen LogP contribution >= 0.6 is 0 Å². The first-order valence-electron chi connectivity index (χ1n) is 10.4. The van der Waals surface area contributed by atoms with E-state index in [0.29, 0.717) is 12.3 Å². The summed E-state index contributed by atoms with van der Waals surface area (Å²) in [6, 6.07) is -0.114. The lowest BCUT2D eigenvalue weighted by atomic mass is 9.69. The molecule has 0 N–H and O–H groups in total. The van der Waals surface area contributed by atoms with E-state index in [1.54, 1.807) is 6.08 Å². The van der Waals surface area contributed by atoms with E-state index in [1.807, 2.05) is 0 Å². The molecule has 26 heavy (non-hydrogen) atoms. The van der Waals surface area contributed by atoms with Gasteiger partial charge in [0.1, 0.15) is 0 Å². The molecule has 1 spiro atoms. The van der Waals surface area contributed by atoms with Crippen LogP contribution in [-0.2, 0) is 14.8 Å². The summed E-state index contributed by atoms with van der Waals surface area (Å²) in [5.74, 6) is 0.306. The maximum Gasteiger partial charge on any atom is 0.239 e. The third-order valence-electron chi connectivity index (χ3n) is 7.83. The van der Waals surface area contributed by atoms with Crippen molar-refractivity contribution in [2.24, 2.45) is 22.7 Å². The van der Waals surface area contributed by atoms with Crippen LogP contribution in [0.25, 0.3) is 0 Å². The Bertz CT molecular complexity index is 669. The second-order valence-electron chi connectivity index (χ2n) is 9.33. The van der Waals surface area contributed by atoms with Gasteiger partial charge in [-0.2, -0.15) is 0 Å². The van der Waals surface area contributed by atoms with Crippen LogP contribution in [0.3, 0.4) is 0 Å². The van der Waals surface area contributed by atoms with Crippen LogP contribution in [-0.4, -0.2) is 30.4 Å². The summed E-state index contributed by atoms with van der Waals surface area (Å²) in [6.45, 7) is 10.4. The van der Waals surface area contributed by atoms with Crippen LogP contribution in [0.2, 0.25) is 0 Å². The molecule has 0 aromatic carbocycles. The molecule has 3 unspecified atom stereocenters. The van der Waals surface area contributed by atoms with Crippen molar-refractivity contribution in [2.75, 3.05) is 5.75 Å². The fraction of sp³-hybridized carbons (Fsp3) is 0.857. The first kappa shape index (κ1) is 19.9. The SMILES string of the molecule is C=CC[C@H](CCCCCC)C(=O)N1C2CC3CCC2(CS1(=O)=O)C3(C)C. The average molecular weight is 382 g/mol. The van der Waals surface area contributed by atoms with Gasteiger partial charge in [-0.3, -0.25) is 4.79 Å². The average Bonchev–Trinajstić information content (AvgIpc) is 3.04. The number of nitrogens with zero attached hydrogens (tertiary/aromatic N) is 1. The Morgan fingerprint density at radius 2 is 2.04 bits per heavy atom. The molecule has 2 aliphatic carbocycles. The van der Waals surface area contributed by atoms with Gasteiger partial charge in [-0.25, -0.2) is 12.7 Å². The maximum atomic E-state index is 13.3. The Morgan fingerprint density at radius 1 is 1.31 bits per heavy atom. The molecule has 1 heterocycles. The number of hydrogen-bond acceptors (Lipinski definition) is 3. The minimum atomic E-state index is -3.51. The zero-order valence-corrected chi connectivity index (χ0v) is 17.5. The lowest BCUT2D eigenvalue weighted by Crippen LogP contribution is -2.46. The van der Waals surface area contributed by atoms with Gasteiger partial charge >= 0.3 is 0 Å². The van der Waals surface area contributed by atoms with Crippen LogP contribution in [0.5, 0.6) is 0 Å². The number of fused-ring (bicyclic) bond motifs is 1. The molecular formula is C21H35NO3S. The molecule has 1 aliphatic heterocycles. The number of hydrogen-bond donors (Lipinski definition) is 0. The van der Waals surface area contributed by atoms with Gasteiger partial charge in [0.15, 0.2) is 0 Å². The van der Waals surface area contributed by atoms with Crippen LogP contribution in [0.15, 0.2) is 12.7 Å². The zero-order valence-electron chi connectivity index (χ0n) is 16.7. The van der Waals surface area contributed by atoms with Gasteiger partial charge in [-0.1, -0.05) is 52.5 Å². The maximum absolute atomic E-state index is 13.3. The zero-order chi connectivity index (χ0) is 19.2. The molecule has 2 saturated carbocycles. The van der Waals surface area contributed by atoms with Crippen molar-refractivity contribution in [1.82, 2.24) is 4.31 Å². The summed E-state index contributed by atoms with van der Waals surface area (Å²) in [6.07, 6.45) is 10.4. The normalized spacial score (nSPS) is 34.7. The molecule has 0 aromatic rings. The van der Waals surface area contributed by atoms with Gasteiger partial charge in [0.25, 0.3) is 0 Å². The van der Waals surface area contributed by atoms with Crippen molar-refractivity contribution >= 4 is 15.9 Å². The van der Waals surface area contributed by atoms with Crippen molar-refractivity contribution in [3.63, 3.8) is 0 Å². The summed E-state index contributed by atoms with van der Waals surface area (Å²) in [7, 11) is -3.51. The van der Waals surface area contributed by atoms with Gasteiger partial charge in [0, 0.05) is 11.3 Å². The fourth-order valence-electron chi connectivity index (χ4n) is 6.12. The van der Waals surface area contributed by atoms with E-state index in [4.69, 9.17) is 0 Å². The summed E-state index contributed by atoms with van der Waals surface area (Å²) >= 11 is 0. The van der Waals surface area contributed by atoms with Crippen LogP contribution in [0.4, 0.5) is 0 Å². The molecule has 0 radical (unpaired) electrons. The highest BCUT2D eigenvalue weighted by Gasteiger charge is 2.72. The highest BCUT2D eigenvalue weighted by Crippen LogP contribution is 2.70. The smallest absolute Gasteiger partial charge is 0.239 e. The second-order valence-corrected chi connectivity index (χ2v) is 11.2. The van der Waals surface area contributed by atoms with E-state index in [-0.39, 0.29) is 34.4 Å². The number of unbranched alkanes of at least 4 members (excludes halogenated alkanes) is 3. The molecule has 1 saturated heterocycles. The highest BCUT2D eigenvalue weighted by molar-refractivity contribution is 7.90. The molecule has 2 bridgehead atoms. The molecule has 3 rings (SSSR count). The number of sulfonamides is 1. The Labute approximate surface area is 159 Å². The summed E-state index contributed by atoms with van der Waals surface area (Å²) in [4.78, 5) is 13.3. The Hall–Kier alpha value is -0.840. The Morgan fingerprint density at radius 3 is 2.65 bits per heavy atom. The topological polar surface area (TPSA) is 54.5 Å². The number of amides is 1. The van der Waals surface area contributed by atoms with Gasteiger partial charge < -0.3 is 0 Å². The van der Waals surface area contributed by atoms with Gasteiger partial charge in [0.05, 0.1) is 11.8 Å². The quantitative estimate of drug-likeness (QED) is 0.459. The molecule has 4 nitrogen and oxygen atoms in total. The molecular weight excluding hydrogens is 346 g/mol.